The largest absolute Gasteiger partial charge is 0.490 e. The zero-order valence-corrected chi connectivity index (χ0v) is 16.2. The molecule has 5 nitrogen and oxygen atoms in total. The summed E-state index contributed by atoms with van der Waals surface area (Å²) in [6.07, 6.45) is 1.79. The summed E-state index contributed by atoms with van der Waals surface area (Å²) in [5.41, 5.74) is 1.92. The van der Waals surface area contributed by atoms with Crippen LogP contribution in [-0.4, -0.2) is 29.8 Å². The van der Waals surface area contributed by atoms with E-state index in [1.807, 2.05) is 56.3 Å². The van der Waals surface area contributed by atoms with Gasteiger partial charge in [-0.2, -0.15) is 0 Å². The molecule has 1 amide bonds. The first-order valence-electron chi connectivity index (χ1n) is 8.95. The maximum atomic E-state index is 12.7. The van der Waals surface area contributed by atoms with Crippen molar-refractivity contribution in [3.05, 3.63) is 65.4 Å². The van der Waals surface area contributed by atoms with Gasteiger partial charge in [0.1, 0.15) is 18.1 Å². The van der Waals surface area contributed by atoms with E-state index in [9.17, 15) is 9.90 Å². The summed E-state index contributed by atoms with van der Waals surface area (Å²) in [5, 5.41) is 9.80. The summed E-state index contributed by atoms with van der Waals surface area (Å²) in [6, 6.07) is 13.2. The highest BCUT2D eigenvalue weighted by Crippen LogP contribution is 2.29. The van der Waals surface area contributed by atoms with E-state index in [0.717, 1.165) is 16.8 Å². The topological polar surface area (TPSA) is 59.0 Å². The molecule has 0 bridgehead atoms. The molecule has 0 fully saturated rings. The third-order valence-electron chi connectivity index (χ3n) is 4.22. The number of aryl methyl sites for hydroxylation is 2. The van der Waals surface area contributed by atoms with Crippen LogP contribution in [0, 0.1) is 13.8 Å². The Bertz CT molecular complexity index is 863. The first kappa shape index (κ1) is 19.0. The van der Waals surface area contributed by atoms with Crippen molar-refractivity contribution < 1.29 is 19.4 Å². The van der Waals surface area contributed by atoms with E-state index in [1.165, 1.54) is 0 Å². The Labute approximate surface area is 159 Å². The van der Waals surface area contributed by atoms with Crippen molar-refractivity contribution >= 4 is 11.6 Å². The fraction of sp³-hybridized carbons (Fsp3) is 0.318. The van der Waals surface area contributed by atoms with E-state index in [2.05, 4.69) is 0 Å². The number of hydrogen-bond acceptors (Lipinski definition) is 4. The molecular formula is C22H25NO4. The third-order valence-corrected chi connectivity index (χ3v) is 4.22. The number of carbonyl (C=O) groups is 1. The average Bonchev–Trinajstić information content (AvgIpc) is 2.96. The van der Waals surface area contributed by atoms with Gasteiger partial charge in [-0.1, -0.05) is 17.7 Å². The van der Waals surface area contributed by atoms with E-state index in [-0.39, 0.29) is 12.5 Å². The molecule has 1 aliphatic heterocycles. The minimum Gasteiger partial charge on any atom is -0.490 e. The lowest BCUT2D eigenvalue weighted by Gasteiger charge is -2.21. The number of nitrogens with zero attached hydrogens (tertiary/aromatic N) is 1. The lowest BCUT2D eigenvalue weighted by molar-refractivity contribution is -0.116. The summed E-state index contributed by atoms with van der Waals surface area (Å²) < 4.78 is 11.4. The van der Waals surface area contributed by atoms with Crippen LogP contribution in [0.5, 0.6) is 11.5 Å². The van der Waals surface area contributed by atoms with Crippen molar-refractivity contribution in [2.75, 3.05) is 18.1 Å². The second-order valence-electron chi connectivity index (χ2n) is 7.45. The number of amides is 1. The number of rotatable bonds is 6. The summed E-state index contributed by atoms with van der Waals surface area (Å²) >= 11 is 0. The van der Waals surface area contributed by atoms with Crippen molar-refractivity contribution in [1.29, 1.82) is 0 Å². The van der Waals surface area contributed by atoms with Gasteiger partial charge in [-0.25, -0.2) is 0 Å². The van der Waals surface area contributed by atoms with Crippen LogP contribution in [0.2, 0.25) is 0 Å². The zero-order valence-electron chi connectivity index (χ0n) is 16.2. The molecule has 2 aromatic rings. The van der Waals surface area contributed by atoms with E-state index in [0.29, 0.717) is 23.8 Å². The second kappa shape index (κ2) is 7.45. The van der Waals surface area contributed by atoms with Crippen LogP contribution >= 0.6 is 0 Å². The average molecular weight is 367 g/mol. The van der Waals surface area contributed by atoms with Gasteiger partial charge in [0.05, 0.1) is 5.60 Å². The number of hydrogen-bond donors (Lipinski definition) is 1. The zero-order chi connectivity index (χ0) is 19.6. The summed E-state index contributed by atoms with van der Waals surface area (Å²) in [5.74, 6) is 1.50. The van der Waals surface area contributed by atoms with Gasteiger partial charge in [0, 0.05) is 12.2 Å². The Balaban J connectivity index is 1.68. The molecule has 1 aliphatic rings. The molecule has 2 aromatic carbocycles. The van der Waals surface area contributed by atoms with Crippen LogP contribution in [-0.2, 0) is 4.79 Å². The molecule has 1 heterocycles. The maximum absolute atomic E-state index is 12.7. The van der Waals surface area contributed by atoms with E-state index < -0.39 is 5.60 Å². The molecule has 27 heavy (non-hydrogen) atoms. The van der Waals surface area contributed by atoms with Crippen LogP contribution < -0.4 is 14.4 Å². The van der Waals surface area contributed by atoms with Gasteiger partial charge < -0.3 is 19.5 Å². The predicted octanol–water partition coefficient (Wildman–Crippen LogP) is 3.76. The number of carbonyl (C=O) groups excluding carboxylic acids is 1. The van der Waals surface area contributed by atoms with Gasteiger partial charge in [-0.3, -0.25) is 4.79 Å². The van der Waals surface area contributed by atoms with Crippen LogP contribution in [0.3, 0.4) is 0 Å². The highest BCUT2D eigenvalue weighted by Gasteiger charge is 2.27. The Morgan fingerprint density at radius 1 is 1.11 bits per heavy atom. The molecule has 0 aliphatic carbocycles. The van der Waals surface area contributed by atoms with Crippen molar-refractivity contribution in [2.24, 2.45) is 0 Å². The SMILES string of the molecule is Cc1ccc(OC2=CCN(c3ccc(OCC(C)(C)O)c(C)c3)C2=O)cc1. The molecule has 0 unspecified atom stereocenters. The molecule has 0 aromatic heterocycles. The summed E-state index contributed by atoms with van der Waals surface area (Å²) in [4.78, 5) is 14.4. The van der Waals surface area contributed by atoms with Gasteiger partial charge in [-0.05, 0) is 69.7 Å². The molecule has 142 valence electrons. The molecule has 0 saturated carbocycles. The van der Waals surface area contributed by atoms with Gasteiger partial charge in [-0.15, -0.1) is 0 Å². The molecule has 0 radical (unpaired) electrons. The lowest BCUT2D eigenvalue weighted by atomic mass is 10.1. The fourth-order valence-corrected chi connectivity index (χ4v) is 2.74. The molecule has 5 heteroatoms. The van der Waals surface area contributed by atoms with Crippen molar-refractivity contribution in [2.45, 2.75) is 33.3 Å². The first-order valence-corrected chi connectivity index (χ1v) is 8.95. The van der Waals surface area contributed by atoms with E-state index >= 15 is 0 Å². The van der Waals surface area contributed by atoms with Crippen LogP contribution in [0.1, 0.15) is 25.0 Å². The van der Waals surface area contributed by atoms with E-state index in [1.54, 1.807) is 24.8 Å². The Hall–Kier alpha value is -2.79. The van der Waals surface area contributed by atoms with Crippen molar-refractivity contribution in [1.82, 2.24) is 0 Å². The highest BCUT2D eigenvalue weighted by atomic mass is 16.5. The molecule has 0 spiro atoms. The standard InChI is InChI=1S/C22H25NO4/c1-15-5-8-18(9-6-15)27-20-11-12-23(21(20)24)17-7-10-19(16(2)13-17)26-14-22(3,4)25/h5-11,13,25H,12,14H2,1-4H3. The number of ether oxygens (including phenoxy) is 2. The maximum Gasteiger partial charge on any atom is 0.294 e. The van der Waals surface area contributed by atoms with E-state index in [4.69, 9.17) is 9.47 Å². The molecule has 3 rings (SSSR count). The Morgan fingerprint density at radius 3 is 2.44 bits per heavy atom. The first-order chi connectivity index (χ1) is 12.7. The van der Waals surface area contributed by atoms with Gasteiger partial charge in [0.2, 0.25) is 0 Å². The van der Waals surface area contributed by atoms with Gasteiger partial charge >= 0.3 is 0 Å². The molecule has 0 atom stereocenters. The predicted molar refractivity (Wildman–Crippen MR) is 105 cm³/mol. The van der Waals surface area contributed by atoms with Crippen LogP contribution in [0.25, 0.3) is 0 Å². The minimum absolute atomic E-state index is 0.167. The fourth-order valence-electron chi connectivity index (χ4n) is 2.74. The minimum atomic E-state index is -0.901. The third kappa shape index (κ3) is 4.68. The van der Waals surface area contributed by atoms with Crippen LogP contribution in [0.4, 0.5) is 5.69 Å². The Kier molecular flexibility index (Phi) is 5.24. The summed E-state index contributed by atoms with van der Waals surface area (Å²) in [6.45, 7) is 7.97. The van der Waals surface area contributed by atoms with Crippen molar-refractivity contribution in [3.8, 4) is 11.5 Å². The highest BCUT2D eigenvalue weighted by molar-refractivity contribution is 6.07. The van der Waals surface area contributed by atoms with Gasteiger partial charge in [0.25, 0.3) is 5.91 Å². The summed E-state index contributed by atoms with van der Waals surface area (Å²) in [7, 11) is 0. The lowest BCUT2D eigenvalue weighted by Crippen LogP contribution is -2.28. The quantitative estimate of drug-likeness (QED) is 0.844. The number of aliphatic hydroxyl groups is 1. The smallest absolute Gasteiger partial charge is 0.294 e. The number of benzene rings is 2. The normalized spacial score (nSPS) is 14.3. The van der Waals surface area contributed by atoms with Crippen molar-refractivity contribution in [3.63, 3.8) is 0 Å². The van der Waals surface area contributed by atoms with Gasteiger partial charge in [0.15, 0.2) is 5.76 Å². The number of anilines is 1. The molecular weight excluding hydrogens is 342 g/mol. The Morgan fingerprint density at radius 2 is 1.81 bits per heavy atom. The van der Waals surface area contributed by atoms with Crippen LogP contribution in [0.15, 0.2) is 54.3 Å². The monoisotopic (exact) mass is 367 g/mol. The molecule has 1 N–H and O–H groups in total. The molecule has 0 saturated heterocycles. The second-order valence-corrected chi connectivity index (χ2v) is 7.45.